The van der Waals surface area contributed by atoms with Crippen molar-refractivity contribution >= 4 is 0 Å². The Balaban J connectivity index is 1.06. The third kappa shape index (κ3) is 12.8. The predicted octanol–water partition coefficient (Wildman–Crippen LogP) is -1.42. The fraction of sp³-hybridized carbons (Fsp3) is 0.964. The number of allylic oxidation sites excluding steroid dienone is 1. The van der Waals surface area contributed by atoms with Gasteiger partial charge in [-0.1, -0.05) is 59.6 Å². The van der Waals surface area contributed by atoms with Crippen LogP contribution < -0.4 is 0 Å². The van der Waals surface area contributed by atoms with Crippen molar-refractivity contribution in [2.24, 2.45) is 39.9 Å². The number of hydrogen-bond acceptors (Lipinski definition) is 23. The molecule has 4 aliphatic heterocycles. The average molecular weight is 1130 g/mol. The van der Waals surface area contributed by atoms with Crippen molar-refractivity contribution in [2.75, 3.05) is 19.8 Å². The molecule has 23 nitrogen and oxygen atoms in total. The highest BCUT2D eigenvalue weighted by Gasteiger charge is 2.61. The molecule has 0 aromatic carbocycles. The van der Waals surface area contributed by atoms with Gasteiger partial charge in [0.2, 0.25) is 0 Å². The number of ether oxygens (including phenoxy) is 8. The highest BCUT2D eigenvalue weighted by atomic mass is 16.8. The van der Waals surface area contributed by atoms with Crippen LogP contribution in [0.15, 0.2) is 11.6 Å². The second-order valence-corrected chi connectivity index (χ2v) is 25.6. The predicted molar refractivity (Wildman–Crippen MR) is 273 cm³/mol. The lowest BCUT2D eigenvalue weighted by atomic mass is 9.46. The monoisotopic (exact) mass is 1120 g/mol. The maximum atomic E-state index is 12.4. The molecule has 0 amide bonds. The van der Waals surface area contributed by atoms with Gasteiger partial charge in [0.05, 0.1) is 49.8 Å². The number of rotatable bonds is 20. The fourth-order valence-electron chi connectivity index (χ4n) is 14.4. The van der Waals surface area contributed by atoms with Crippen LogP contribution in [0.3, 0.4) is 0 Å². The van der Waals surface area contributed by atoms with Crippen LogP contribution in [-0.2, 0) is 37.9 Å². The van der Waals surface area contributed by atoms with E-state index in [2.05, 4.69) is 47.6 Å². The number of aliphatic hydroxyl groups is 15. The average Bonchev–Trinajstić information content (AvgIpc) is 3.80. The molecular weight excluding hydrogens is 1030 g/mol. The van der Waals surface area contributed by atoms with E-state index in [1.807, 2.05) is 0 Å². The first-order valence-electron chi connectivity index (χ1n) is 28.5. The SMILES string of the molecule is CCC[C@@H](O)[C@@]1(C)[C@@H]2CC[C@H](O[C@@H]3O[C@H](CO)[C@@H](O)[C@H](O)[C@H]3O)C(C)(C)C2=CC[C@H]1[C@]1(C)CC[C@H]([C@H](C)CC[C@@H](O[C@@H]2O[C@H](CO[C@@H]3O[C@H](CO)[C@@H](O)[C@H](O)[C@H]3O)[C@@H](O)[C@H](O)[C@H]2O[C@@H]2O[C@@H](C)[C@H](O)[C@@H](O)[C@H]2O)C(C)(C)O)C1. The Morgan fingerprint density at radius 1 is 0.654 bits per heavy atom. The van der Waals surface area contributed by atoms with E-state index in [-0.39, 0.29) is 35.5 Å². The maximum Gasteiger partial charge on any atom is 0.187 e. The van der Waals surface area contributed by atoms with Gasteiger partial charge in [-0.3, -0.25) is 0 Å². The molecule has 29 atom stereocenters. The summed E-state index contributed by atoms with van der Waals surface area (Å²) in [4.78, 5) is 0. The van der Waals surface area contributed by atoms with Crippen molar-refractivity contribution in [1.82, 2.24) is 0 Å². The smallest absolute Gasteiger partial charge is 0.187 e. The molecule has 23 heteroatoms. The van der Waals surface area contributed by atoms with Gasteiger partial charge in [0.25, 0.3) is 0 Å². The molecule has 4 heterocycles. The molecule has 2 saturated carbocycles. The van der Waals surface area contributed by atoms with Crippen molar-refractivity contribution in [3.05, 3.63) is 11.6 Å². The molecule has 15 N–H and O–H groups in total. The lowest BCUT2D eigenvalue weighted by molar-refractivity contribution is -0.378. The fourth-order valence-corrected chi connectivity index (χ4v) is 14.4. The van der Waals surface area contributed by atoms with Gasteiger partial charge in [0.15, 0.2) is 25.2 Å². The number of hydrogen-bond donors (Lipinski definition) is 15. The first-order chi connectivity index (χ1) is 36.5. The van der Waals surface area contributed by atoms with Crippen LogP contribution in [-0.4, -0.2) is 243 Å². The van der Waals surface area contributed by atoms with E-state index >= 15 is 0 Å². The number of fused-ring (bicyclic) bond motifs is 1. The van der Waals surface area contributed by atoms with Gasteiger partial charge in [-0.25, -0.2) is 0 Å². The van der Waals surface area contributed by atoms with E-state index < -0.39 is 177 Å². The van der Waals surface area contributed by atoms with Gasteiger partial charge in [-0.2, -0.15) is 0 Å². The minimum Gasteiger partial charge on any atom is -0.394 e. The highest BCUT2D eigenvalue weighted by molar-refractivity contribution is 5.29. The van der Waals surface area contributed by atoms with Crippen molar-refractivity contribution in [2.45, 2.75) is 273 Å². The van der Waals surface area contributed by atoms with Gasteiger partial charge >= 0.3 is 0 Å². The molecule has 0 aromatic heterocycles. The molecule has 78 heavy (non-hydrogen) atoms. The highest BCUT2D eigenvalue weighted by Crippen LogP contribution is 2.65. The molecule has 0 spiro atoms. The minimum absolute atomic E-state index is 0.00164. The molecule has 7 rings (SSSR count). The molecule has 4 saturated heterocycles. The van der Waals surface area contributed by atoms with E-state index in [0.29, 0.717) is 32.1 Å². The Morgan fingerprint density at radius 2 is 1.21 bits per heavy atom. The van der Waals surface area contributed by atoms with Crippen LogP contribution in [0, 0.1) is 39.9 Å². The van der Waals surface area contributed by atoms with E-state index in [9.17, 15) is 76.6 Å². The standard InChI is InChI=1S/C55H96O23/c1-10-11-33(58)55(9)28-14-17-34(76-50-46(69)42(65)38(61)30(22-57)74-50)52(4,5)27(28)13-15-32(55)54(8)19-18-26(20-54)24(2)12-16-35(53(6,7)70)77-51-47(78-49-45(68)40(63)36(59)25(3)72-49)43(66)39(62)31(75-51)23-71-48-44(67)41(64)37(60)29(21-56)73-48/h13,24-26,28-51,56-70H,10-12,14-23H2,1-9H3/t24-,25+,26+,28-,29-,30-,31-,32+,33-,34+,35-,36+,37-,38-,39-,40-,41+,42+,43+,44-,45-,46-,47-,48-,49+,50+,51+,54-,55+/m1/s1. The summed E-state index contributed by atoms with van der Waals surface area (Å²) in [7, 11) is 0. The molecule has 0 bridgehead atoms. The quantitative estimate of drug-likeness (QED) is 0.0622. The van der Waals surface area contributed by atoms with Crippen LogP contribution in [0.1, 0.15) is 127 Å². The summed E-state index contributed by atoms with van der Waals surface area (Å²) in [5.74, 6) is 0.442. The molecule has 0 aromatic rings. The summed E-state index contributed by atoms with van der Waals surface area (Å²) in [6.07, 6.45) is -24.0. The summed E-state index contributed by atoms with van der Waals surface area (Å²) >= 11 is 0. The molecule has 0 unspecified atom stereocenters. The van der Waals surface area contributed by atoms with Crippen LogP contribution in [0.4, 0.5) is 0 Å². The molecule has 7 aliphatic rings. The van der Waals surface area contributed by atoms with Gasteiger partial charge in [-0.15, -0.1) is 0 Å². The van der Waals surface area contributed by atoms with Gasteiger partial charge < -0.3 is 114 Å². The third-order valence-electron chi connectivity index (χ3n) is 19.6. The Morgan fingerprint density at radius 3 is 1.79 bits per heavy atom. The zero-order valence-electron chi connectivity index (χ0n) is 46.8. The minimum atomic E-state index is -1.86. The normalized spacial score (nSPS) is 48.4. The van der Waals surface area contributed by atoms with E-state index in [1.54, 1.807) is 13.8 Å². The molecule has 454 valence electrons. The van der Waals surface area contributed by atoms with Crippen LogP contribution in [0.2, 0.25) is 0 Å². The van der Waals surface area contributed by atoms with E-state index in [1.165, 1.54) is 12.5 Å². The second kappa shape index (κ2) is 25.6. The lowest BCUT2D eigenvalue weighted by Gasteiger charge is -2.60. The van der Waals surface area contributed by atoms with Crippen LogP contribution >= 0.6 is 0 Å². The summed E-state index contributed by atoms with van der Waals surface area (Å²) in [5, 5.41) is 162. The number of aliphatic hydroxyl groups excluding tert-OH is 14. The van der Waals surface area contributed by atoms with Crippen molar-refractivity contribution in [3.8, 4) is 0 Å². The maximum absolute atomic E-state index is 12.4. The van der Waals surface area contributed by atoms with Gasteiger partial charge in [0, 0.05) is 10.8 Å². The zero-order chi connectivity index (χ0) is 57.7. The lowest BCUT2D eigenvalue weighted by Crippen LogP contribution is -2.65. The van der Waals surface area contributed by atoms with E-state index in [4.69, 9.17) is 37.9 Å². The van der Waals surface area contributed by atoms with E-state index in [0.717, 1.165) is 25.7 Å². The van der Waals surface area contributed by atoms with Gasteiger partial charge in [-0.05, 0) is 108 Å². The van der Waals surface area contributed by atoms with Crippen molar-refractivity contribution in [1.29, 1.82) is 0 Å². The molecule has 3 aliphatic carbocycles. The Labute approximate surface area is 458 Å². The summed E-state index contributed by atoms with van der Waals surface area (Å²) in [5.41, 5.74) is -1.66. The topological polar surface area (TPSA) is 377 Å². The first-order valence-corrected chi connectivity index (χ1v) is 28.5. The largest absolute Gasteiger partial charge is 0.394 e. The van der Waals surface area contributed by atoms with Crippen LogP contribution in [0.25, 0.3) is 0 Å². The third-order valence-corrected chi connectivity index (χ3v) is 19.6. The molecular formula is C55H96O23. The van der Waals surface area contributed by atoms with Crippen molar-refractivity contribution < 1.29 is 114 Å². The second-order valence-electron chi connectivity index (χ2n) is 25.6. The Bertz CT molecular complexity index is 1940. The first kappa shape index (κ1) is 64.4. The zero-order valence-corrected chi connectivity index (χ0v) is 46.8. The van der Waals surface area contributed by atoms with Gasteiger partial charge in [0.1, 0.15) is 91.6 Å². The Kier molecular flexibility index (Phi) is 21.1. The van der Waals surface area contributed by atoms with Crippen LogP contribution in [0.5, 0.6) is 0 Å². The Hall–Kier alpha value is -1.18. The van der Waals surface area contributed by atoms with Crippen molar-refractivity contribution in [3.63, 3.8) is 0 Å². The summed E-state index contributed by atoms with van der Waals surface area (Å²) in [6, 6.07) is 0. The summed E-state index contributed by atoms with van der Waals surface area (Å²) < 4.78 is 47.9. The molecule has 0 radical (unpaired) electrons. The summed E-state index contributed by atoms with van der Waals surface area (Å²) in [6.45, 7) is 15.7. The molecule has 6 fully saturated rings.